The van der Waals surface area contributed by atoms with Gasteiger partial charge < -0.3 is 10.6 Å². The lowest BCUT2D eigenvalue weighted by molar-refractivity contribution is -0.140. The molecule has 0 aliphatic carbocycles. The van der Waals surface area contributed by atoms with E-state index in [-0.39, 0.29) is 5.69 Å². The lowest BCUT2D eigenvalue weighted by atomic mass is 10.2. The SMILES string of the molecule is CCNC(=NCCCn1nc2n(c1=O)CCCC2)NCCc1nc(C(F)(F)F)cs1. The highest BCUT2D eigenvalue weighted by Crippen LogP contribution is 2.29. The van der Waals surface area contributed by atoms with Crippen LogP contribution in [0.3, 0.4) is 0 Å². The summed E-state index contributed by atoms with van der Waals surface area (Å²) in [6, 6.07) is 0. The number of nitrogens with one attached hydrogen (secondary N) is 2. The summed E-state index contributed by atoms with van der Waals surface area (Å²) in [7, 11) is 0. The average molecular weight is 446 g/mol. The largest absolute Gasteiger partial charge is 0.434 e. The van der Waals surface area contributed by atoms with Crippen LogP contribution in [0.15, 0.2) is 15.2 Å². The number of hydrogen-bond acceptors (Lipinski definition) is 5. The molecule has 8 nitrogen and oxygen atoms in total. The Morgan fingerprint density at radius 3 is 2.87 bits per heavy atom. The molecule has 0 fully saturated rings. The Kier molecular flexibility index (Phi) is 7.51. The van der Waals surface area contributed by atoms with Crippen molar-refractivity contribution < 1.29 is 13.2 Å². The number of hydrogen-bond donors (Lipinski definition) is 2. The Balaban J connectivity index is 1.46. The number of guanidine groups is 1. The third-order valence-corrected chi connectivity index (χ3v) is 5.56. The molecule has 3 rings (SSSR count). The van der Waals surface area contributed by atoms with Crippen molar-refractivity contribution in [3.05, 3.63) is 32.4 Å². The van der Waals surface area contributed by atoms with Crippen LogP contribution in [-0.4, -0.2) is 44.9 Å². The van der Waals surface area contributed by atoms with Gasteiger partial charge in [0.1, 0.15) is 5.82 Å². The Morgan fingerprint density at radius 2 is 2.17 bits per heavy atom. The molecule has 12 heteroatoms. The number of thiazole rings is 1. The first-order chi connectivity index (χ1) is 14.4. The zero-order valence-corrected chi connectivity index (χ0v) is 17.7. The molecule has 0 radical (unpaired) electrons. The summed E-state index contributed by atoms with van der Waals surface area (Å²) in [6.45, 7) is 4.76. The predicted octanol–water partition coefficient (Wildman–Crippen LogP) is 2.04. The summed E-state index contributed by atoms with van der Waals surface area (Å²) in [4.78, 5) is 20.4. The smallest absolute Gasteiger partial charge is 0.357 e. The Morgan fingerprint density at radius 1 is 1.33 bits per heavy atom. The third-order valence-electron chi connectivity index (χ3n) is 4.65. The number of nitrogens with zero attached hydrogens (tertiary/aromatic N) is 5. The molecule has 0 aromatic carbocycles. The van der Waals surface area contributed by atoms with Crippen LogP contribution < -0.4 is 16.3 Å². The second-order valence-corrected chi connectivity index (χ2v) is 7.89. The quantitative estimate of drug-likeness (QED) is 0.369. The minimum Gasteiger partial charge on any atom is -0.357 e. The van der Waals surface area contributed by atoms with E-state index >= 15 is 0 Å². The monoisotopic (exact) mass is 445 g/mol. The molecular weight excluding hydrogens is 419 g/mol. The highest BCUT2D eigenvalue weighted by Gasteiger charge is 2.33. The van der Waals surface area contributed by atoms with Crippen LogP contribution in [-0.2, 0) is 32.1 Å². The summed E-state index contributed by atoms with van der Waals surface area (Å²) in [5.74, 6) is 1.45. The summed E-state index contributed by atoms with van der Waals surface area (Å²) in [5.41, 5.74) is -0.903. The zero-order chi connectivity index (χ0) is 21.6. The fraction of sp³-hybridized carbons (Fsp3) is 0.667. The van der Waals surface area contributed by atoms with Crippen LogP contribution in [0.1, 0.15) is 42.7 Å². The van der Waals surface area contributed by atoms with Crippen LogP contribution in [0.4, 0.5) is 13.2 Å². The molecule has 0 amide bonds. The van der Waals surface area contributed by atoms with Gasteiger partial charge in [-0.2, -0.15) is 18.3 Å². The van der Waals surface area contributed by atoms with Crippen molar-refractivity contribution in [1.29, 1.82) is 0 Å². The highest BCUT2D eigenvalue weighted by molar-refractivity contribution is 7.09. The van der Waals surface area contributed by atoms with Crippen LogP contribution in [0, 0.1) is 0 Å². The first-order valence-electron chi connectivity index (χ1n) is 10.1. The molecule has 2 aromatic rings. The Bertz CT molecular complexity index is 916. The summed E-state index contributed by atoms with van der Waals surface area (Å²) in [5, 5.41) is 12.1. The van der Waals surface area contributed by atoms with Crippen LogP contribution in [0.25, 0.3) is 0 Å². The molecule has 0 spiro atoms. The first-order valence-corrected chi connectivity index (χ1v) is 11.0. The van der Waals surface area contributed by atoms with Crippen molar-refractivity contribution in [2.75, 3.05) is 19.6 Å². The standard InChI is InChI=1S/C18H26F3N7OS/c1-2-22-16(24-9-7-15-25-13(12-30-15)18(19,20)21)23-8-5-11-28-17(29)27-10-4-3-6-14(27)26-28/h12H,2-11H2,1H3,(H2,22,23,24). The molecule has 0 unspecified atom stereocenters. The van der Waals surface area contributed by atoms with Crippen molar-refractivity contribution in [1.82, 2.24) is 30.0 Å². The molecule has 0 saturated carbocycles. The second kappa shape index (κ2) is 10.1. The van der Waals surface area contributed by atoms with E-state index in [1.807, 2.05) is 6.92 Å². The Labute approximate surface area is 176 Å². The second-order valence-electron chi connectivity index (χ2n) is 6.95. The number of aliphatic imine (C=N–C) groups is 1. The third kappa shape index (κ3) is 5.83. The summed E-state index contributed by atoms with van der Waals surface area (Å²) >= 11 is 1.00. The normalized spacial score (nSPS) is 14.6. The lowest BCUT2D eigenvalue weighted by Crippen LogP contribution is -2.38. The molecule has 30 heavy (non-hydrogen) atoms. The molecule has 1 aliphatic heterocycles. The highest BCUT2D eigenvalue weighted by atomic mass is 32.1. The maximum atomic E-state index is 12.6. The maximum Gasteiger partial charge on any atom is 0.434 e. The van der Waals surface area contributed by atoms with Crippen LogP contribution >= 0.6 is 11.3 Å². The van der Waals surface area contributed by atoms with Crippen molar-refractivity contribution in [3.8, 4) is 0 Å². The zero-order valence-electron chi connectivity index (χ0n) is 16.8. The van der Waals surface area contributed by atoms with Gasteiger partial charge in [0.15, 0.2) is 11.7 Å². The van der Waals surface area contributed by atoms with E-state index < -0.39 is 11.9 Å². The van der Waals surface area contributed by atoms with E-state index in [1.54, 1.807) is 4.57 Å². The van der Waals surface area contributed by atoms with E-state index in [4.69, 9.17) is 0 Å². The number of aryl methyl sites for hydroxylation is 2. The van der Waals surface area contributed by atoms with Gasteiger partial charge in [0.25, 0.3) is 0 Å². The van der Waals surface area contributed by atoms with Gasteiger partial charge in [-0.1, -0.05) is 0 Å². The minimum atomic E-state index is -4.41. The van der Waals surface area contributed by atoms with Gasteiger partial charge >= 0.3 is 11.9 Å². The number of alkyl halides is 3. The molecule has 166 valence electrons. The fourth-order valence-corrected chi connectivity index (χ4v) is 4.00. The molecule has 1 aliphatic rings. The van der Waals surface area contributed by atoms with E-state index in [1.165, 1.54) is 4.68 Å². The van der Waals surface area contributed by atoms with Gasteiger partial charge in [-0.05, 0) is 26.2 Å². The van der Waals surface area contributed by atoms with Crippen molar-refractivity contribution in [3.63, 3.8) is 0 Å². The Hall–Kier alpha value is -2.37. The number of halogens is 3. The predicted molar refractivity (Wildman–Crippen MR) is 109 cm³/mol. The molecule has 0 saturated heterocycles. The topological polar surface area (TPSA) is 89.1 Å². The van der Waals surface area contributed by atoms with Crippen molar-refractivity contribution in [2.45, 2.75) is 58.3 Å². The van der Waals surface area contributed by atoms with Crippen molar-refractivity contribution >= 4 is 17.3 Å². The molecular formula is C18H26F3N7OS. The van der Waals surface area contributed by atoms with Crippen LogP contribution in [0.5, 0.6) is 0 Å². The van der Waals surface area contributed by atoms with Gasteiger partial charge in [-0.25, -0.2) is 14.5 Å². The molecule has 2 N–H and O–H groups in total. The van der Waals surface area contributed by atoms with Crippen molar-refractivity contribution in [2.24, 2.45) is 4.99 Å². The van der Waals surface area contributed by atoms with Gasteiger partial charge in [0.2, 0.25) is 0 Å². The van der Waals surface area contributed by atoms with Gasteiger partial charge in [0.05, 0.1) is 5.01 Å². The van der Waals surface area contributed by atoms with E-state index in [2.05, 4.69) is 25.7 Å². The van der Waals surface area contributed by atoms with Gasteiger partial charge in [-0.3, -0.25) is 9.56 Å². The number of aromatic nitrogens is 4. The molecule has 2 aromatic heterocycles. The summed E-state index contributed by atoms with van der Waals surface area (Å²) in [6.07, 6.45) is -0.446. The van der Waals surface area contributed by atoms with Gasteiger partial charge in [0, 0.05) is 50.9 Å². The fourth-order valence-electron chi connectivity index (χ4n) is 3.19. The van der Waals surface area contributed by atoms with Crippen LogP contribution in [0.2, 0.25) is 0 Å². The van der Waals surface area contributed by atoms with E-state index in [0.717, 1.165) is 48.3 Å². The molecule has 3 heterocycles. The van der Waals surface area contributed by atoms with E-state index in [9.17, 15) is 18.0 Å². The lowest BCUT2D eigenvalue weighted by Gasteiger charge is -2.10. The summed E-state index contributed by atoms with van der Waals surface area (Å²) < 4.78 is 41.1. The first kappa shape index (κ1) is 22.3. The maximum absolute atomic E-state index is 12.6. The number of rotatable bonds is 8. The molecule has 0 bridgehead atoms. The minimum absolute atomic E-state index is 0.0552. The van der Waals surface area contributed by atoms with E-state index in [0.29, 0.717) is 50.0 Å². The average Bonchev–Trinajstić information content (AvgIpc) is 3.30. The molecule has 0 atom stereocenters. The van der Waals surface area contributed by atoms with Gasteiger partial charge in [-0.15, -0.1) is 11.3 Å². The number of fused-ring (bicyclic) bond motifs is 1.